The predicted octanol–water partition coefficient (Wildman–Crippen LogP) is 3.65. The van der Waals surface area contributed by atoms with Gasteiger partial charge >= 0.3 is 0 Å². The molecule has 0 atom stereocenters. The topological polar surface area (TPSA) is 74.5 Å². The fourth-order valence-electron chi connectivity index (χ4n) is 2.27. The van der Waals surface area contributed by atoms with Crippen molar-refractivity contribution in [2.45, 2.75) is 25.0 Å². The van der Waals surface area contributed by atoms with Crippen molar-refractivity contribution in [3.05, 3.63) is 46.5 Å². The van der Waals surface area contributed by atoms with Gasteiger partial charge in [-0.3, -0.25) is 0 Å². The first-order valence-corrected chi connectivity index (χ1v) is 9.07. The van der Waals surface area contributed by atoms with E-state index in [9.17, 15) is 0 Å². The van der Waals surface area contributed by atoms with Gasteiger partial charge in [0, 0.05) is 35.3 Å². The lowest BCUT2D eigenvalue weighted by Gasteiger charge is -2.06. The third kappa shape index (κ3) is 3.68. The van der Waals surface area contributed by atoms with Crippen molar-refractivity contribution in [1.82, 2.24) is 24.4 Å². The molecule has 0 fully saturated rings. The van der Waals surface area contributed by atoms with Crippen molar-refractivity contribution >= 4 is 35.0 Å². The van der Waals surface area contributed by atoms with E-state index in [4.69, 9.17) is 29.0 Å². The molecule has 6 nitrogen and oxygen atoms in total. The predicted molar refractivity (Wildman–Crippen MR) is 97.9 cm³/mol. The first-order valence-electron chi connectivity index (χ1n) is 7.32. The van der Waals surface area contributed by atoms with Crippen LogP contribution in [0.15, 0.2) is 35.7 Å². The van der Waals surface area contributed by atoms with E-state index in [-0.39, 0.29) is 0 Å². The van der Waals surface area contributed by atoms with E-state index >= 15 is 0 Å². The maximum absolute atomic E-state index is 6.21. The molecular formula is C15H16Cl2N6S. The molecule has 3 aromatic rings. The summed E-state index contributed by atoms with van der Waals surface area (Å²) in [6.07, 6.45) is 4.76. The molecule has 2 N–H and O–H groups in total. The van der Waals surface area contributed by atoms with E-state index < -0.39 is 0 Å². The van der Waals surface area contributed by atoms with Crippen molar-refractivity contribution in [3.8, 4) is 11.4 Å². The van der Waals surface area contributed by atoms with E-state index in [0.717, 1.165) is 24.5 Å². The molecule has 0 saturated heterocycles. The zero-order valence-electron chi connectivity index (χ0n) is 13.0. The number of thioether (sulfide) groups is 1. The van der Waals surface area contributed by atoms with Crippen molar-refractivity contribution in [2.24, 2.45) is 0 Å². The molecule has 0 aliphatic heterocycles. The number of aryl methyl sites for hydroxylation is 2. The van der Waals surface area contributed by atoms with Gasteiger partial charge in [-0.15, -0.1) is 10.2 Å². The van der Waals surface area contributed by atoms with Gasteiger partial charge in [0.1, 0.15) is 5.82 Å². The fourth-order valence-corrected chi connectivity index (χ4v) is 3.54. The molecule has 0 unspecified atom stereocenters. The van der Waals surface area contributed by atoms with E-state index in [0.29, 0.717) is 26.6 Å². The average Bonchev–Trinajstić information content (AvgIpc) is 3.11. The van der Waals surface area contributed by atoms with Crippen LogP contribution in [0.4, 0.5) is 0 Å². The van der Waals surface area contributed by atoms with E-state index in [1.54, 1.807) is 36.2 Å². The minimum absolute atomic E-state index is 0.494. The highest BCUT2D eigenvalue weighted by Crippen LogP contribution is 2.30. The number of benzene rings is 1. The lowest BCUT2D eigenvalue weighted by Crippen LogP contribution is -2.12. The van der Waals surface area contributed by atoms with Crippen LogP contribution >= 0.6 is 35.0 Å². The Bertz CT molecular complexity index is 844. The Balaban J connectivity index is 1.63. The van der Waals surface area contributed by atoms with Gasteiger partial charge in [-0.1, -0.05) is 35.0 Å². The number of hydrogen-bond acceptors (Lipinski definition) is 5. The number of rotatable bonds is 6. The van der Waals surface area contributed by atoms with Crippen LogP contribution in [0, 0.1) is 6.92 Å². The molecule has 2 aromatic heterocycles. The summed E-state index contributed by atoms with van der Waals surface area (Å²) in [5.41, 5.74) is 0.706. The Morgan fingerprint density at radius 3 is 2.79 bits per heavy atom. The third-order valence-corrected chi connectivity index (χ3v) is 5.11. The Hall–Kier alpha value is -1.70. The van der Waals surface area contributed by atoms with Crippen LogP contribution in [0.2, 0.25) is 10.0 Å². The van der Waals surface area contributed by atoms with Crippen molar-refractivity contribution < 1.29 is 0 Å². The zero-order valence-corrected chi connectivity index (χ0v) is 15.3. The number of aromatic nitrogens is 5. The molecule has 3 rings (SSSR count). The van der Waals surface area contributed by atoms with Gasteiger partial charge in [0.25, 0.3) is 0 Å². The van der Waals surface area contributed by atoms with Crippen LogP contribution in [0.25, 0.3) is 11.4 Å². The maximum atomic E-state index is 6.21. The second kappa shape index (κ2) is 7.46. The van der Waals surface area contributed by atoms with Crippen molar-refractivity contribution in [2.75, 3.05) is 11.6 Å². The standard InChI is InChI=1S/C15H16Cl2N6S/c1-10-19-5-7-22(10)6-2-8-24-15-21-20-14(23(15)18)12-4-3-11(16)9-13(12)17/h3-5,7,9H,2,6,8,18H2,1H3. The van der Waals surface area contributed by atoms with Crippen LogP contribution in [0.1, 0.15) is 12.2 Å². The number of nitrogens with zero attached hydrogens (tertiary/aromatic N) is 5. The normalized spacial score (nSPS) is 11.1. The lowest BCUT2D eigenvalue weighted by molar-refractivity contribution is 0.661. The van der Waals surface area contributed by atoms with Gasteiger partial charge < -0.3 is 10.4 Å². The number of imidazole rings is 1. The number of nitrogen functional groups attached to an aromatic ring is 1. The van der Waals surface area contributed by atoms with Gasteiger partial charge in [0.15, 0.2) is 5.82 Å². The second-order valence-corrected chi connectivity index (χ2v) is 7.08. The maximum Gasteiger partial charge on any atom is 0.210 e. The van der Waals surface area contributed by atoms with Gasteiger partial charge in [0.2, 0.25) is 5.16 Å². The fraction of sp³-hybridized carbons (Fsp3) is 0.267. The van der Waals surface area contributed by atoms with E-state index in [1.807, 2.05) is 13.1 Å². The molecule has 24 heavy (non-hydrogen) atoms. The molecule has 9 heteroatoms. The lowest BCUT2D eigenvalue weighted by atomic mass is 10.2. The molecule has 0 radical (unpaired) electrons. The molecule has 0 aliphatic carbocycles. The molecule has 0 aliphatic rings. The van der Waals surface area contributed by atoms with Crippen LogP contribution < -0.4 is 5.84 Å². The van der Waals surface area contributed by atoms with Crippen LogP contribution in [-0.4, -0.2) is 30.2 Å². The van der Waals surface area contributed by atoms with Crippen molar-refractivity contribution in [1.29, 1.82) is 0 Å². The Labute approximate surface area is 154 Å². The minimum Gasteiger partial charge on any atom is -0.335 e. The minimum atomic E-state index is 0.494. The molecule has 0 bridgehead atoms. The molecule has 126 valence electrons. The highest BCUT2D eigenvalue weighted by atomic mass is 35.5. The molecular weight excluding hydrogens is 367 g/mol. The summed E-state index contributed by atoms with van der Waals surface area (Å²) in [7, 11) is 0. The highest BCUT2D eigenvalue weighted by Gasteiger charge is 2.15. The summed E-state index contributed by atoms with van der Waals surface area (Å²) in [6, 6.07) is 5.19. The van der Waals surface area contributed by atoms with Crippen LogP contribution in [0.5, 0.6) is 0 Å². The molecule has 0 saturated carbocycles. The summed E-state index contributed by atoms with van der Waals surface area (Å²) >= 11 is 13.7. The summed E-state index contributed by atoms with van der Waals surface area (Å²) in [5.74, 6) is 8.52. The number of halogens is 2. The zero-order chi connectivity index (χ0) is 17.1. The quantitative estimate of drug-likeness (QED) is 0.400. The molecule has 1 aromatic carbocycles. The van der Waals surface area contributed by atoms with Gasteiger partial charge in [-0.25, -0.2) is 9.66 Å². The molecule has 2 heterocycles. The SMILES string of the molecule is Cc1nccn1CCCSc1nnc(-c2ccc(Cl)cc2Cl)n1N. The average molecular weight is 383 g/mol. The molecule has 0 spiro atoms. The Kier molecular flexibility index (Phi) is 5.33. The summed E-state index contributed by atoms with van der Waals surface area (Å²) in [4.78, 5) is 4.21. The van der Waals surface area contributed by atoms with Gasteiger partial charge in [-0.2, -0.15) is 0 Å². The molecule has 0 amide bonds. The first kappa shape index (κ1) is 17.1. The Morgan fingerprint density at radius 2 is 2.08 bits per heavy atom. The van der Waals surface area contributed by atoms with Crippen LogP contribution in [-0.2, 0) is 6.54 Å². The summed E-state index contributed by atoms with van der Waals surface area (Å²) in [6.45, 7) is 2.90. The summed E-state index contributed by atoms with van der Waals surface area (Å²) in [5, 5.41) is 10.0. The van der Waals surface area contributed by atoms with Gasteiger partial charge in [0.05, 0.1) is 5.02 Å². The summed E-state index contributed by atoms with van der Waals surface area (Å²) < 4.78 is 3.58. The number of hydrogen-bond donors (Lipinski definition) is 1. The highest BCUT2D eigenvalue weighted by molar-refractivity contribution is 7.99. The van der Waals surface area contributed by atoms with Crippen LogP contribution in [0.3, 0.4) is 0 Å². The Morgan fingerprint density at radius 1 is 1.25 bits per heavy atom. The third-order valence-electron chi connectivity index (χ3n) is 3.53. The largest absolute Gasteiger partial charge is 0.335 e. The monoisotopic (exact) mass is 382 g/mol. The smallest absolute Gasteiger partial charge is 0.210 e. The van der Waals surface area contributed by atoms with Gasteiger partial charge in [-0.05, 0) is 31.5 Å². The first-order chi connectivity index (χ1) is 11.6. The second-order valence-electron chi connectivity index (χ2n) is 5.17. The van der Waals surface area contributed by atoms with Crippen molar-refractivity contribution in [3.63, 3.8) is 0 Å². The number of nitrogens with two attached hydrogens (primary N) is 1. The van der Waals surface area contributed by atoms with E-state index in [1.165, 1.54) is 4.68 Å². The van der Waals surface area contributed by atoms with E-state index in [2.05, 4.69) is 19.7 Å².